The van der Waals surface area contributed by atoms with Crippen molar-refractivity contribution in [2.45, 2.75) is 26.7 Å². The lowest BCUT2D eigenvalue weighted by Gasteiger charge is -2.08. The van der Waals surface area contributed by atoms with Gasteiger partial charge >= 0.3 is 0 Å². The first-order valence-electron chi connectivity index (χ1n) is 5.81. The van der Waals surface area contributed by atoms with E-state index in [1.54, 1.807) is 0 Å². The standard InChI is InChI=1S/C14H18N2/c1-10(2)7-8-13-12-6-4-3-5-11(12)9-14(15)16-13/h3-6,9-10H,7-8H2,1-2H3,(H2,15,16). The number of nitrogens with zero attached hydrogens (tertiary/aromatic N) is 1. The van der Waals surface area contributed by atoms with E-state index in [0.29, 0.717) is 11.7 Å². The molecule has 2 N–H and O–H groups in total. The molecule has 2 nitrogen and oxygen atoms in total. The Morgan fingerprint density at radius 1 is 1.25 bits per heavy atom. The Labute approximate surface area is 96.5 Å². The normalized spacial score (nSPS) is 11.2. The van der Waals surface area contributed by atoms with Gasteiger partial charge in [-0.15, -0.1) is 0 Å². The highest BCUT2D eigenvalue weighted by Gasteiger charge is 2.05. The molecule has 0 spiro atoms. The van der Waals surface area contributed by atoms with Crippen LogP contribution in [0.15, 0.2) is 30.3 Å². The Morgan fingerprint density at radius 2 is 2.00 bits per heavy atom. The lowest BCUT2D eigenvalue weighted by Crippen LogP contribution is -1.99. The fraction of sp³-hybridized carbons (Fsp3) is 0.357. The number of pyridine rings is 1. The molecule has 16 heavy (non-hydrogen) atoms. The van der Waals surface area contributed by atoms with Crippen LogP contribution in [0, 0.1) is 5.92 Å². The van der Waals surface area contributed by atoms with Gasteiger partial charge in [-0.05, 0) is 30.2 Å². The summed E-state index contributed by atoms with van der Waals surface area (Å²) in [5, 5.41) is 2.42. The number of aromatic nitrogens is 1. The summed E-state index contributed by atoms with van der Waals surface area (Å²) in [7, 11) is 0. The Kier molecular flexibility index (Phi) is 3.09. The van der Waals surface area contributed by atoms with Crippen molar-refractivity contribution in [3.63, 3.8) is 0 Å². The number of rotatable bonds is 3. The van der Waals surface area contributed by atoms with E-state index < -0.39 is 0 Å². The first-order chi connectivity index (χ1) is 7.66. The maximum atomic E-state index is 5.82. The van der Waals surface area contributed by atoms with E-state index in [9.17, 15) is 0 Å². The third-order valence-corrected chi connectivity index (χ3v) is 2.80. The van der Waals surface area contributed by atoms with Gasteiger partial charge in [0.05, 0.1) is 5.69 Å². The summed E-state index contributed by atoms with van der Waals surface area (Å²) in [5.74, 6) is 1.32. The zero-order valence-electron chi connectivity index (χ0n) is 9.90. The van der Waals surface area contributed by atoms with Crippen LogP contribution in [0.25, 0.3) is 10.8 Å². The van der Waals surface area contributed by atoms with Gasteiger partial charge in [0.2, 0.25) is 0 Å². The largest absolute Gasteiger partial charge is 0.384 e. The number of hydrogen-bond donors (Lipinski definition) is 1. The highest BCUT2D eigenvalue weighted by molar-refractivity contribution is 5.86. The van der Waals surface area contributed by atoms with Gasteiger partial charge in [0.15, 0.2) is 0 Å². The number of aryl methyl sites for hydroxylation is 1. The predicted molar refractivity (Wildman–Crippen MR) is 69.3 cm³/mol. The molecular formula is C14H18N2. The molecule has 2 heteroatoms. The maximum Gasteiger partial charge on any atom is 0.124 e. The van der Waals surface area contributed by atoms with E-state index in [2.05, 4.69) is 37.0 Å². The van der Waals surface area contributed by atoms with E-state index in [1.807, 2.05) is 12.1 Å². The third-order valence-electron chi connectivity index (χ3n) is 2.80. The fourth-order valence-electron chi connectivity index (χ4n) is 1.91. The molecule has 0 amide bonds. The molecule has 84 valence electrons. The van der Waals surface area contributed by atoms with Crippen LogP contribution in [-0.2, 0) is 6.42 Å². The monoisotopic (exact) mass is 214 g/mol. The third kappa shape index (κ3) is 2.32. The summed E-state index contributed by atoms with van der Waals surface area (Å²) < 4.78 is 0. The summed E-state index contributed by atoms with van der Waals surface area (Å²) in [6.07, 6.45) is 2.16. The SMILES string of the molecule is CC(C)CCc1nc(N)cc2ccccc12. The number of fused-ring (bicyclic) bond motifs is 1. The smallest absolute Gasteiger partial charge is 0.124 e. The van der Waals surface area contributed by atoms with Crippen LogP contribution < -0.4 is 5.73 Å². The maximum absolute atomic E-state index is 5.82. The Hall–Kier alpha value is -1.57. The van der Waals surface area contributed by atoms with Gasteiger partial charge in [0.25, 0.3) is 0 Å². The summed E-state index contributed by atoms with van der Waals surface area (Å²) in [5.41, 5.74) is 6.95. The number of nitrogen functional groups attached to an aromatic ring is 1. The lowest BCUT2D eigenvalue weighted by molar-refractivity contribution is 0.583. The lowest BCUT2D eigenvalue weighted by atomic mass is 10.0. The molecule has 0 saturated carbocycles. The topological polar surface area (TPSA) is 38.9 Å². The summed E-state index contributed by atoms with van der Waals surface area (Å²) in [6, 6.07) is 10.2. The van der Waals surface area contributed by atoms with Crippen LogP contribution in [0.3, 0.4) is 0 Å². The number of hydrogen-bond acceptors (Lipinski definition) is 2. The van der Waals surface area contributed by atoms with Crippen molar-refractivity contribution in [3.8, 4) is 0 Å². The Bertz CT molecular complexity index is 489. The molecule has 2 rings (SSSR count). The van der Waals surface area contributed by atoms with Crippen LogP contribution >= 0.6 is 0 Å². The van der Waals surface area contributed by atoms with E-state index >= 15 is 0 Å². The molecule has 2 aromatic rings. The van der Waals surface area contributed by atoms with E-state index in [4.69, 9.17) is 5.73 Å². The molecule has 0 aliphatic carbocycles. The molecule has 0 unspecified atom stereocenters. The van der Waals surface area contributed by atoms with Gasteiger partial charge in [-0.2, -0.15) is 0 Å². The van der Waals surface area contributed by atoms with E-state index in [1.165, 1.54) is 10.8 Å². The van der Waals surface area contributed by atoms with Crippen molar-refractivity contribution < 1.29 is 0 Å². The van der Waals surface area contributed by atoms with Gasteiger partial charge in [-0.3, -0.25) is 0 Å². The first kappa shape index (κ1) is 10.9. The van der Waals surface area contributed by atoms with Gasteiger partial charge in [0.1, 0.15) is 5.82 Å². The minimum atomic E-state index is 0.623. The second-order valence-electron chi connectivity index (χ2n) is 4.65. The van der Waals surface area contributed by atoms with E-state index in [-0.39, 0.29) is 0 Å². The first-order valence-corrected chi connectivity index (χ1v) is 5.81. The van der Waals surface area contributed by atoms with Gasteiger partial charge in [-0.1, -0.05) is 38.1 Å². The van der Waals surface area contributed by atoms with Crippen LogP contribution in [-0.4, -0.2) is 4.98 Å². The van der Waals surface area contributed by atoms with Crippen molar-refractivity contribution in [3.05, 3.63) is 36.0 Å². The molecule has 0 aliphatic heterocycles. The number of benzene rings is 1. The molecule has 0 aliphatic rings. The van der Waals surface area contributed by atoms with Crippen molar-refractivity contribution in [1.29, 1.82) is 0 Å². The molecule has 0 saturated heterocycles. The second-order valence-corrected chi connectivity index (χ2v) is 4.65. The van der Waals surface area contributed by atoms with Crippen LogP contribution in [0.5, 0.6) is 0 Å². The van der Waals surface area contributed by atoms with Crippen molar-refractivity contribution >= 4 is 16.6 Å². The summed E-state index contributed by atoms with van der Waals surface area (Å²) in [4.78, 5) is 4.45. The van der Waals surface area contributed by atoms with Crippen molar-refractivity contribution in [2.24, 2.45) is 5.92 Å². The predicted octanol–water partition coefficient (Wildman–Crippen LogP) is 3.41. The zero-order chi connectivity index (χ0) is 11.5. The molecule has 0 atom stereocenters. The molecule has 1 aromatic carbocycles. The summed E-state index contributed by atoms with van der Waals surface area (Å²) >= 11 is 0. The fourth-order valence-corrected chi connectivity index (χ4v) is 1.91. The highest BCUT2D eigenvalue weighted by atomic mass is 14.8. The quantitative estimate of drug-likeness (QED) is 0.850. The van der Waals surface area contributed by atoms with Crippen LogP contribution in [0.2, 0.25) is 0 Å². The molecule has 0 fully saturated rings. The van der Waals surface area contributed by atoms with E-state index in [0.717, 1.165) is 18.5 Å². The Morgan fingerprint density at radius 3 is 2.75 bits per heavy atom. The van der Waals surface area contributed by atoms with Crippen molar-refractivity contribution in [2.75, 3.05) is 5.73 Å². The molecule has 0 radical (unpaired) electrons. The van der Waals surface area contributed by atoms with Gasteiger partial charge in [-0.25, -0.2) is 4.98 Å². The minimum Gasteiger partial charge on any atom is -0.384 e. The molecular weight excluding hydrogens is 196 g/mol. The zero-order valence-corrected chi connectivity index (χ0v) is 9.90. The van der Waals surface area contributed by atoms with Crippen LogP contribution in [0.1, 0.15) is 26.0 Å². The van der Waals surface area contributed by atoms with Gasteiger partial charge in [0, 0.05) is 5.39 Å². The molecule has 0 bridgehead atoms. The average molecular weight is 214 g/mol. The van der Waals surface area contributed by atoms with Gasteiger partial charge < -0.3 is 5.73 Å². The summed E-state index contributed by atoms with van der Waals surface area (Å²) in [6.45, 7) is 4.46. The minimum absolute atomic E-state index is 0.623. The Balaban J connectivity index is 2.42. The van der Waals surface area contributed by atoms with Crippen molar-refractivity contribution in [1.82, 2.24) is 4.98 Å². The number of anilines is 1. The second kappa shape index (κ2) is 4.52. The molecule has 1 heterocycles. The highest BCUT2D eigenvalue weighted by Crippen LogP contribution is 2.21. The van der Waals surface area contributed by atoms with Crippen LogP contribution in [0.4, 0.5) is 5.82 Å². The molecule has 1 aromatic heterocycles. The average Bonchev–Trinajstić information content (AvgIpc) is 2.25. The number of nitrogens with two attached hydrogens (primary N) is 1.